The molecule has 132 valence electrons. The lowest BCUT2D eigenvalue weighted by Crippen LogP contribution is -2.43. The van der Waals surface area contributed by atoms with Crippen LogP contribution in [-0.4, -0.2) is 77.5 Å². The quantitative estimate of drug-likeness (QED) is 0.251. The van der Waals surface area contributed by atoms with Crippen LogP contribution in [-0.2, 0) is 14.9 Å². The SMILES string of the molecule is CS(=O)(=O)Nc1nc(C(=O)NOCC(O)C(O)C(O)CO)cs1. The van der Waals surface area contributed by atoms with Crippen LogP contribution in [0.1, 0.15) is 10.5 Å². The fourth-order valence-corrected chi connectivity index (χ4v) is 2.83. The summed E-state index contributed by atoms with van der Waals surface area (Å²) in [5, 5.41) is 37.8. The van der Waals surface area contributed by atoms with Gasteiger partial charge in [-0.25, -0.2) is 18.9 Å². The van der Waals surface area contributed by atoms with Gasteiger partial charge in [0.25, 0.3) is 5.91 Å². The van der Waals surface area contributed by atoms with E-state index >= 15 is 0 Å². The number of nitrogens with one attached hydrogen (secondary N) is 2. The van der Waals surface area contributed by atoms with Crippen molar-refractivity contribution in [1.29, 1.82) is 0 Å². The summed E-state index contributed by atoms with van der Waals surface area (Å²) in [5.41, 5.74) is 1.81. The minimum atomic E-state index is -3.51. The smallest absolute Gasteiger partial charge is 0.294 e. The Morgan fingerprint density at radius 3 is 2.61 bits per heavy atom. The second kappa shape index (κ2) is 8.49. The van der Waals surface area contributed by atoms with Gasteiger partial charge in [0.15, 0.2) is 5.13 Å². The van der Waals surface area contributed by atoms with Gasteiger partial charge >= 0.3 is 0 Å². The second-order valence-electron chi connectivity index (χ2n) is 4.46. The van der Waals surface area contributed by atoms with E-state index in [9.17, 15) is 23.4 Å². The van der Waals surface area contributed by atoms with Gasteiger partial charge in [0.1, 0.15) is 30.6 Å². The third kappa shape index (κ3) is 6.74. The summed E-state index contributed by atoms with van der Waals surface area (Å²) in [6.45, 7) is -1.30. The molecule has 0 aliphatic heterocycles. The fourth-order valence-electron chi connectivity index (χ4n) is 1.29. The molecule has 3 unspecified atom stereocenters. The van der Waals surface area contributed by atoms with Crippen LogP contribution in [0.15, 0.2) is 5.38 Å². The number of carbonyl (C=O) groups is 1. The number of aromatic nitrogens is 1. The van der Waals surface area contributed by atoms with Gasteiger partial charge < -0.3 is 20.4 Å². The van der Waals surface area contributed by atoms with E-state index in [1.807, 2.05) is 5.48 Å². The summed E-state index contributed by atoms with van der Waals surface area (Å²) in [4.78, 5) is 20.0. The van der Waals surface area contributed by atoms with E-state index in [1.165, 1.54) is 5.38 Å². The fraction of sp³-hybridized carbons (Fsp3) is 0.600. The van der Waals surface area contributed by atoms with Crippen molar-refractivity contribution in [2.75, 3.05) is 24.2 Å². The molecule has 1 heterocycles. The van der Waals surface area contributed by atoms with Crippen molar-refractivity contribution in [3.63, 3.8) is 0 Å². The summed E-state index contributed by atoms with van der Waals surface area (Å²) in [7, 11) is -3.51. The van der Waals surface area contributed by atoms with E-state index in [1.54, 1.807) is 0 Å². The Morgan fingerprint density at radius 2 is 2.04 bits per heavy atom. The third-order valence-electron chi connectivity index (χ3n) is 2.40. The van der Waals surface area contributed by atoms with E-state index in [-0.39, 0.29) is 10.8 Å². The summed E-state index contributed by atoms with van der Waals surface area (Å²) < 4.78 is 24.1. The molecule has 0 saturated carbocycles. The number of thiazole rings is 1. The van der Waals surface area contributed by atoms with E-state index in [0.717, 1.165) is 17.6 Å². The molecule has 0 saturated heterocycles. The number of aliphatic hydroxyl groups excluding tert-OH is 4. The van der Waals surface area contributed by atoms with Crippen LogP contribution in [0.5, 0.6) is 0 Å². The van der Waals surface area contributed by atoms with Crippen molar-refractivity contribution in [2.24, 2.45) is 0 Å². The van der Waals surface area contributed by atoms with Crippen LogP contribution < -0.4 is 10.2 Å². The van der Waals surface area contributed by atoms with Crippen LogP contribution in [0.25, 0.3) is 0 Å². The Morgan fingerprint density at radius 1 is 1.39 bits per heavy atom. The highest BCUT2D eigenvalue weighted by atomic mass is 32.2. The maximum Gasteiger partial charge on any atom is 0.294 e. The number of hydrogen-bond donors (Lipinski definition) is 6. The van der Waals surface area contributed by atoms with Gasteiger partial charge in [0, 0.05) is 5.38 Å². The number of anilines is 1. The van der Waals surface area contributed by atoms with Gasteiger partial charge in [0.05, 0.1) is 12.9 Å². The number of carbonyl (C=O) groups excluding carboxylic acids is 1. The lowest BCUT2D eigenvalue weighted by atomic mass is 10.1. The Balaban J connectivity index is 2.45. The minimum Gasteiger partial charge on any atom is -0.394 e. The first-order chi connectivity index (χ1) is 10.6. The van der Waals surface area contributed by atoms with Crippen LogP contribution in [0.2, 0.25) is 0 Å². The van der Waals surface area contributed by atoms with Crippen LogP contribution >= 0.6 is 11.3 Å². The van der Waals surface area contributed by atoms with Crippen LogP contribution in [0.3, 0.4) is 0 Å². The Hall–Kier alpha value is -1.35. The molecule has 0 radical (unpaired) electrons. The molecular formula is C10H17N3O8S2. The number of hydrogen-bond acceptors (Lipinski definition) is 10. The van der Waals surface area contributed by atoms with Gasteiger partial charge in [-0.3, -0.25) is 14.4 Å². The molecule has 1 amide bonds. The van der Waals surface area contributed by atoms with E-state index in [2.05, 4.69) is 14.5 Å². The minimum absolute atomic E-state index is 0.000764. The average molecular weight is 371 g/mol. The number of hydroxylamine groups is 1. The molecule has 0 aromatic carbocycles. The topological polar surface area (TPSA) is 178 Å². The molecule has 0 fully saturated rings. The zero-order valence-corrected chi connectivity index (χ0v) is 13.5. The molecule has 0 bridgehead atoms. The predicted octanol–water partition coefficient (Wildman–Crippen LogP) is -2.75. The lowest BCUT2D eigenvalue weighted by molar-refractivity contribution is -0.109. The average Bonchev–Trinajstić information content (AvgIpc) is 2.91. The molecule has 23 heavy (non-hydrogen) atoms. The Kier molecular flexibility index (Phi) is 7.27. The molecule has 3 atom stereocenters. The van der Waals surface area contributed by atoms with Crippen molar-refractivity contribution in [3.05, 3.63) is 11.1 Å². The zero-order valence-electron chi connectivity index (χ0n) is 11.9. The van der Waals surface area contributed by atoms with Crippen molar-refractivity contribution in [2.45, 2.75) is 18.3 Å². The van der Waals surface area contributed by atoms with Gasteiger partial charge in [-0.15, -0.1) is 11.3 Å². The summed E-state index contributed by atoms with van der Waals surface area (Å²) in [6, 6.07) is 0. The number of nitrogens with zero attached hydrogens (tertiary/aromatic N) is 1. The van der Waals surface area contributed by atoms with Crippen LogP contribution in [0.4, 0.5) is 5.13 Å². The zero-order chi connectivity index (χ0) is 17.6. The van der Waals surface area contributed by atoms with Crippen molar-refractivity contribution in [3.8, 4) is 0 Å². The summed E-state index contributed by atoms with van der Waals surface area (Å²) in [6.07, 6.45) is -3.81. The molecule has 13 heteroatoms. The lowest BCUT2D eigenvalue weighted by Gasteiger charge is -2.20. The highest BCUT2D eigenvalue weighted by Crippen LogP contribution is 2.16. The molecular weight excluding hydrogens is 354 g/mol. The molecule has 0 aliphatic rings. The maximum atomic E-state index is 11.7. The first-order valence-corrected chi connectivity index (χ1v) is 8.91. The normalized spacial score (nSPS) is 15.7. The monoisotopic (exact) mass is 371 g/mol. The maximum absolute atomic E-state index is 11.7. The number of amides is 1. The van der Waals surface area contributed by atoms with E-state index in [0.29, 0.717) is 0 Å². The largest absolute Gasteiger partial charge is 0.394 e. The first-order valence-electron chi connectivity index (χ1n) is 6.14. The molecule has 1 aromatic rings. The van der Waals surface area contributed by atoms with Gasteiger partial charge in [-0.1, -0.05) is 0 Å². The first kappa shape index (κ1) is 19.7. The van der Waals surface area contributed by atoms with E-state index < -0.39 is 47.5 Å². The Bertz CT molecular complexity index is 619. The van der Waals surface area contributed by atoms with Gasteiger partial charge in [-0.05, 0) is 0 Å². The molecule has 0 aliphatic carbocycles. The van der Waals surface area contributed by atoms with Crippen molar-refractivity contribution >= 4 is 32.4 Å². The van der Waals surface area contributed by atoms with Crippen LogP contribution in [0, 0.1) is 0 Å². The number of rotatable bonds is 9. The molecule has 1 rings (SSSR count). The second-order valence-corrected chi connectivity index (χ2v) is 7.07. The molecule has 6 N–H and O–H groups in total. The van der Waals surface area contributed by atoms with Crippen molar-refractivity contribution in [1.82, 2.24) is 10.5 Å². The highest BCUT2D eigenvalue weighted by Gasteiger charge is 2.24. The van der Waals surface area contributed by atoms with Crippen molar-refractivity contribution < 1.29 is 38.5 Å². The standard InChI is InChI=1S/C10H17N3O8S2/c1-23(19,20)13-10-11-5(4-22-10)9(18)12-21-3-7(16)8(17)6(15)2-14/h4,6-8,14-17H,2-3H2,1H3,(H,11,13)(H,12,18). The third-order valence-corrected chi connectivity index (χ3v) is 3.86. The molecule has 0 spiro atoms. The highest BCUT2D eigenvalue weighted by molar-refractivity contribution is 7.92. The molecule has 1 aromatic heterocycles. The Labute approximate surface area is 135 Å². The summed E-state index contributed by atoms with van der Waals surface area (Å²) in [5.74, 6) is -0.799. The predicted molar refractivity (Wildman–Crippen MR) is 79.1 cm³/mol. The summed E-state index contributed by atoms with van der Waals surface area (Å²) >= 11 is 0.888. The van der Waals surface area contributed by atoms with Gasteiger partial charge in [0.2, 0.25) is 10.0 Å². The van der Waals surface area contributed by atoms with Gasteiger partial charge in [-0.2, -0.15) is 0 Å². The van der Waals surface area contributed by atoms with E-state index in [4.69, 9.17) is 10.2 Å². The molecule has 11 nitrogen and oxygen atoms in total. The number of sulfonamides is 1. The number of aliphatic hydroxyl groups is 4.